The lowest BCUT2D eigenvalue weighted by molar-refractivity contribution is 1.20. The van der Waals surface area contributed by atoms with Crippen molar-refractivity contribution in [3.05, 3.63) is 152 Å². The van der Waals surface area contributed by atoms with Gasteiger partial charge in [0.05, 0.1) is 21.4 Å². The number of thiophene rings is 2. The molecule has 0 bridgehead atoms. The maximum Gasteiger partial charge on any atom is 0.0640 e. The standard InChI is InChI=1S/C42H25NS2/c1-2-12-26(13-3-1)34-24-27(28-17-10-18-32-31-16-6-9-23-39(31)44-40(28)32)25-35-33-19-11-22-38(42(33)45-41(34)35)43-36-20-7-4-14-29(36)30-15-5-8-21-37(30)43/h1-25H. The quantitative estimate of drug-likeness (QED) is 0.188. The first-order valence-corrected chi connectivity index (χ1v) is 16.9. The maximum atomic E-state index is 2.46. The Bertz CT molecular complexity index is 2710. The van der Waals surface area contributed by atoms with Crippen molar-refractivity contribution < 1.29 is 0 Å². The van der Waals surface area contributed by atoms with Crippen molar-refractivity contribution in [3.8, 4) is 27.9 Å². The van der Waals surface area contributed by atoms with Crippen LogP contribution in [0.2, 0.25) is 0 Å². The van der Waals surface area contributed by atoms with Gasteiger partial charge in [0.1, 0.15) is 0 Å². The van der Waals surface area contributed by atoms with Crippen molar-refractivity contribution in [2.45, 2.75) is 0 Å². The number of rotatable bonds is 3. The zero-order chi connectivity index (χ0) is 29.5. The molecule has 0 aliphatic carbocycles. The summed E-state index contributed by atoms with van der Waals surface area (Å²) in [5.74, 6) is 0. The summed E-state index contributed by atoms with van der Waals surface area (Å²) < 4.78 is 7.79. The lowest BCUT2D eigenvalue weighted by Gasteiger charge is -2.10. The Labute approximate surface area is 267 Å². The topological polar surface area (TPSA) is 4.93 Å². The van der Waals surface area contributed by atoms with Crippen LogP contribution < -0.4 is 0 Å². The van der Waals surface area contributed by atoms with E-state index in [2.05, 4.69) is 156 Å². The minimum absolute atomic E-state index is 1.23. The van der Waals surface area contributed by atoms with Gasteiger partial charge in [0, 0.05) is 52.0 Å². The van der Waals surface area contributed by atoms with E-state index in [1.54, 1.807) is 0 Å². The van der Waals surface area contributed by atoms with E-state index in [1.807, 2.05) is 22.7 Å². The fraction of sp³-hybridized carbons (Fsp3) is 0. The molecule has 0 saturated heterocycles. The summed E-state index contributed by atoms with van der Waals surface area (Å²) in [4.78, 5) is 0. The molecule has 10 rings (SSSR count). The summed E-state index contributed by atoms with van der Waals surface area (Å²) in [6, 6.07) is 55.7. The third kappa shape index (κ3) is 3.66. The summed E-state index contributed by atoms with van der Waals surface area (Å²) in [5.41, 5.74) is 8.81. The summed E-state index contributed by atoms with van der Waals surface area (Å²) in [6.45, 7) is 0. The van der Waals surface area contributed by atoms with E-state index in [1.165, 1.54) is 90.1 Å². The van der Waals surface area contributed by atoms with Gasteiger partial charge in [0.25, 0.3) is 0 Å². The molecule has 0 aliphatic heterocycles. The molecule has 7 aromatic carbocycles. The Morgan fingerprint density at radius 1 is 0.356 bits per heavy atom. The Morgan fingerprint density at radius 3 is 1.73 bits per heavy atom. The van der Waals surface area contributed by atoms with Gasteiger partial charge >= 0.3 is 0 Å². The van der Waals surface area contributed by atoms with Crippen molar-refractivity contribution >= 4 is 84.8 Å². The Kier molecular flexibility index (Phi) is 5.39. The molecule has 3 aromatic heterocycles. The molecule has 0 spiro atoms. The molecule has 0 aliphatic rings. The van der Waals surface area contributed by atoms with Crippen LogP contribution in [0, 0.1) is 0 Å². The zero-order valence-corrected chi connectivity index (χ0v) is 25.8. The van der Waals surface area contributed by atoms with Crippen LogP contribution in [0.3, 0.4) is 0 Å². The lowest BCUT2D eigenvalue weighted by atomic mass is 9.95. The highest BCUT2D eigenvalue weighted by Gasteiger charge is 2.20. The van der Waals surface area contributed by atoms with E-state index in [0.717, 1.165) is 0 Å². The summed E-state index contributed by atoms with van der Waals surface area (Å²) in [5, 5.41) is 7.85. The molecule has 210 valence electrons. The van der Waals surface area contributed by atoms with Gasteiger partial charge in [-0.25, -0.2) is 0 Å². The van der Waals surface area contributed by atoms with Crippen LogP contribution in [-0.4, -0.2) is 4.57 Å². The van der Waals surface area contributed by atoms with Crippen LogP contribution in [-0.2, 0) is 0 Å². The predicted molar refractivity (Wildman–Crippen MR) is 197 cm³/mol. The normalized spacial score (nSPS) is 12.0. The number of fused-ring (bicyclic) bond motifs is 9. The number of aromatic nitrogens is 1. The lowest BCUT2D eigenvalue weighted by Crippen LogP contribution is -1.93. The van der Waals surface area contributed by atoms with Crippen LogP contribution in [0.1, 0.15) is 0 Å². The smallest absolute Gasteiger partial charge is 0.0640 e. The van der Waals surface area contributed by atoms with Crippen LogP contribution in [0.5, 0.6) is 0 Å². The van der Waals surface area contributed by atoms with Crippen molar-refractivity contribution in [2.24, 2.45) is 0 Å². The molecular weight excluding hydrogens is 583 g/mol. The molecular formula is C42H25NS2. The second-order valence-corrected chi connectivity index (χ2v) is 13.7. The maximum absolute atomic E-state index is 2.46. The molecule has 0 saturated carbocycles. The number of benzene rings is 7. The summed E-state index contributed by atoms with van der Waals surface area (Å²) in [7, 11) is 0. The third-order valence-electron chi connectivity index (χ3n) is 9.20. The molecule has 45 heavy (non-hydrogen) atoms. The third-order valence-corrected chi connectivity index (χ3v) is 11.7. The highest BCUT2D eigenvalue weighted by atomic mass is 32.1. The van der Waals surface area contributed by atoms with E-state index in [9.17, 15) is 0 Å². The molecule has 3 heterocycles. The number of para-hydroxylation sites is 2. The Balaban J connectivity index is 1.31. The fourth-order valence-corrected chi connectivity index (χ4v) is 9.77. The van der Waals surface area contributed by atoms with Crippen LogP contribution >= 0.6 is 22.7 Å². The highest BCUT2D eigenvalue weighted by molar-refractivity contribution is 7.27. The summed E-state index contributed by atoms with van der Waals surface area (Å²) in [6.07, 6.45) is 0. The second-order valence-electron chi connectivity index (χ2n) is 11.7. The first-order chi connectivity index (χ1) is 22.3. The average molecular weight is 608 g/mol. The first-order valence-electron chi connectivity index (χ1n) is 15.3. The van der Waals surface area contributed by atoms with E-state index >= 15 is 0 Å². The molecule has 0 atom stereocenters. The number of nitrogens with zero attached hydrogens (tertiary/aromatic N) is 1. The molecule has 3 heteroatoms. The average Bonchev–Trinajstić information content (AvgIpc) is 3.78. The van der Waals surface area contributed by atoms with Crippen molar-refractivity contribution in [1.29, 1.82) is 0 Å². The van der Waals surface area contributed by atoms with Gasteiger partial charge in [-0.2, -0.15) is 0 Å². The van der Waals surface area contributed by atoms with E-state index in [-0.39, 0.29) is 0 Å². The van der Waals surface area contributed by atoms with E-state index in [4.69, 9.17) is 0 Å². The van der Waals surface area contributed by atoms with Crippen molar-refractivity contribution in [1.82, 2.24) is 4.57 Å². The molecule has 0 radical (unpaired) electrons. The number of hydrogen-bond donors (Lipinski definition) is 0. The van der Waals surface area contributed by atoms with Gasteiger partial charge in [-0.15, -0.1) is 22.7 Å². The van der Waals surface area contributed by atoms with Gasteiger partial charge in [-0.05, 0) is 53.1 Å². The number of hydrogen-bond acceptors (Lipinski definition) is 2. The van der Waals surface area contributed by atoms with Crippen molar-refractivity contribution in [3.63, 3.8) is 0 Å². The van der Waals surface area contributed by atoms with Crippen molar-refractivity contribution in [2.75, 3.05) is 0 Å². The van der Waals surface area contributed by atoms with Crippen LogP contribution in [0.15, 0.2) is 152 Å². The highest BCUT2D eigenvalue weighted by Crippen LogP contribution is 2.47. The molecule has 0 N–H and O–H groups in total. The van der Waals surface area contributed by atoms with Gasteiger partial charge in [-0.1, -0.05) is 115 Å². The van der Waals surface area contributed by atoms with E-state index < -0.39 is 0 Å². The molecule has 1 nitrogen and oxygen atoms in total. The molecule has 0 amide bonds. The first kappa shape index (κ1) is 25.1. The van der Waals surface area contributed by atoms with Gasteiger partial charge in [-0.3, -0.25) is 0 Å². The minimum Gasteiger partial charge on any atom is -0.308 e. The van der Waals surface area contributed by atoms with Gasteiger partial charge < -0.3 is 4.57 Å². The van der Waals surface area contributed by atoms with Gasteiger partial charge in [0.2, 0.25) is 0 Å². The van der Waals surface area contributed by atoms with Gasteiger partial charge in [0.15, 0.2) is 0 Å². The minimum atomic E-state index is 1.23. The molecule has 10 aromatic rings. The summed E-state index contributed by atoms with van der Waals surface area (Å²) >= 11 is 3.82. The predicted octanol–water partition coefficient (Wildman–Crippen LogP) is 12.9. The van der Waals surface area contributed by atoms with E-state index in [0.29, 0.717) is 0 Å². The fourth-order valence-electron chi connectivity index (χ4n) is 7.21. The largest absolute Gasteiger partial charge is 0.308 e. The molecule has 0 fully saturated rings. The Hall–Kier alpha value is -5.22. The SMILES string of the molecule is c1ccc(-c2cc(-c3cccc4c3sc3ccccc34)cc3c2sc2c(-n4c5ccccc5c5ccccc54)cccc23)cc1. The Morgan fingerprint density at radius 2 is 0.956 bits per heavy atom. The van der Waals surface area contributed by atoms with Crippen LogP contribution in [0.4, 0.5) is 0 Å². The van der Waals surface area contributed by atoms with Crippen LogP contribution in [0.25, 0.3) is 90.1 Å². The zero-order valence-electron chi connectivity index (χ0n) is 24.2. The monoisotopic (exact) mass is 607 g/mol. The molecule has 0 unspecified atom stereocenters. The second kappa shape index (κ2) is 9.64.